The lowest BCUT2D eigenvalue weighted by atomic mass is 9.87. The molecule has 0 saturated carbocycles. The SMILES string of the molecule is CC(O)CC(C)(C)CNC(=O)c1csc(-c2ccoc2)n1. The third-order valence-corrected chi connectivity index (χ3v) is 3.97. The number of thiazole rings is 1. The van der Waals surface area contributed by atoms with Crippen molar-refractivity contribution in [2.24, 2.45) is 5.41 Å². The zero-order valence-electron chi connectivity index (χ0n) is 12.4. The Bertz CT molecular complexity index is 588. The van der Waals surface area contributed by atoms with Crippen LogP contribution in [-0.4, -0.2) is 28.6 Å². The van der Waals surface area contributed by atoms with Crippen molar-refractivity contribution in [2.75, 3.05) is 6.54 Å². The lowest BCUT2D eigenvalue weighted by Crippen LogP contribution is -2.35. The van der Waals surface area contributed by atoms with Crippen LogP contribution in [0, 0.1) is 5.41 Å². The number of nitrogens with one attached hydrogen (secondary N) is 1. The second kappa shape index (κ2) is 6.41. The van der Waals surface area contributed by atoms with Gasteiger partial charge in [-0.2, -0.15) is 0 Å². The van der Waals surface area contributed by atoms with Gasteiger partial charge in [0.15, 0.2) is 0 Å². The highest BCUT2D eigenvalue weighted by Gasteiger charge is 2.22. The molecule has 21 heavy (non-hydrogen) atoms. The molecule has 0 aromatic carbocycles. The number of furan rings is 1. The molecule has 0 saturated heterocycles. The topological polar surface area (TPSA) is 75.4 Å². The third-order valence-electron chi connectivity index (χ3n) is 3.08. The second-order valence-corrected chi connectivity index (χ2v) is 6.81. The van der Waals surface area contributed by atoms with E-state index in [1.807, 2.05) is 19.9 Å². The van der Waals surface area contributed by atoms with Crippen molar-refractivity contribution in [3.8, 4) is 10.6 Å². The number of aliphatic hydroxyl groups excluding tert-OH is 1. The molecule has 2 rings (SSSR count). The summed E-state index contributed by atoms with van der Waals surface area (Å²) in [6, 6.07) is 1.81. The number of nitrogens with zero attached hydrogens (tertiary/aromatic N) is 1. The van der Waals surface area contributed by atoms with Gasteiger partial charge in [0.2, 0.25) is 0 Å². The van der Waals surface area contributed by atoms with E-state index in [1.165, 1.54) is 11.3 Å². The summed E-state index contributed by atoms with van der Waals surface area (Å²) in [4.78, 5) is 16.4. The van der Waals surface area contributed by atoms with Gasteiger partial charge in [0.25, 0.3) is 5.91 Å². The van der Waals surface area contributed by atoms with E-state index in [2.05, 4.69) is 10.3 Å². The molecule has 2 aromatic heterocycles. The average Bonchev–Trinajstić information content (AvgIpc) is 3.04. The fourth-order valence-corrected chi connectivity index (χ4v) is 2.97. The molecule has 2 heterocycles. The number of carbonyl (C=O) groups is 1. The van der Waals surface area contributed by atoms with E-state index in [-0.39, 0.29) is 17.4 Å². The van der Waals surface area contributed by atoms with Crippen LogP contribution in [0.1, 0.15) is 37.7 Å². The first-order chi connectivity index (χ1) is 9.87. The van der Waals surface area contributed by atoms with Gasteiger partial charge in [0, 0.05) is 17.5 Å². The van der Waals surface area contributed by atoms with Gasteiger partial charge in [-0.3, -0.25) is 4.79 Å². The van der Waals surface area contributed by atoms with Gasteiger partial charge in [-0.05, 0) is 24.8 Å². The molecule has 0 aliphatic heterocycles. The summed E-state index contributed by atoms with van der Waals surface area (Å²) in [5, 5.41) is 14.8. The van der Waals surface area contributed by atoms with E-state index < -0.39 is 0 Å². The number of amides is 1. The summed E-state index contributed by atoms with van der Waals surface area (Å²) in [6.45, 7) is 6.27. The summed E-state index contributed by atoms with van der Waals surface area (Å²) in [5.74, 6) is -0.195. The molecule has 2 aromatic rings. The van der Waals surface area contributed by atoms with Crippen LogP contribution in [-0.2, 0) is 0 Å². The summed E-state index contributed by atoms with van der Waals surface area (Å²) in [5.41, 5.74) is 1.12. The van der Waals surface area contributed by atoms with Gasteiger partial charge in [0.1, 0.15) is 17.0 Å². The highest BCUT2D eigenvalue weighted by Crippen LogP contribution is 2.24. The van der Waals surface area contributed by atoms with Crippen LogP contribution in [0.15, 0.2) is 28.4 Å². The van der Waals surface area contributed by atoms with Crippen molar-refractivity contribution < 1.29 is 14.3 Å². The maximum absolute atomic E-state index is 12.1. The number of rotatable bonds is 6. The van der Waals surface area contributed by atoms with E-state index >= 15 is 0 Å². The van der Waals surface area contributed by atoms with E-state index in [0.29, 0.717) is 18.7 Å². The first-order valence-corrected chi connectivity index (χ1v) is 7.70. The van der Waals surface area contributed by atoms with Gasteiger partial charge in [-0.1, -0.05) is 13.8 Å². The lowest BCUT2D eigenvalue weighted by molar-refractivity contribution is 0.0898. The summed E-state index contributed by atoms with van der Waals surface area (Å²) < 4.78 is 5.01. The first kappa shape index (κ1) is 15.7. The van der Waals surface area contributed by atoms with Crippen LogP contribution in [0.3, 0.4) is 0 Å². The van der Waals surface area contributed by atoms with Gasteiger partial charge in [-0.25, -0.2) is 4.98 Å². The Morgan fingerprint density at radius 3 is 2.95 bits per heavy atom. The molecule has 5 nitrogen and oxygen atoms in total. The van der Waals surface area contributed by atoms with Crippen LogP contribution < -0.4 is 5.32 Å². The number of aromatic nitrogens is 1. The van der Waals surface area contributed by atoms with Crippen molar-refractivity contribution in [1.29, 1.82) is 0 Å². The molecular formula is C15H20N2O3S. The molecule has 1 unspecified atom stereocenters. The molecule has 0 aliphatic carbocycles. The smallest absolute Gasteiger partial charge is 0.270 e. The number of aliphatic hydroxyl groups is 1. The van der Waals surface area contributed by atoms with Gasteiger partial charge >= 0.3 is 0 Å². The van der Waals surface area contributed by atoms with Crippen molar-refractivity contribution in [1.82, 2.24) is 10.3 Å². The molecular weight excluding hydrogens is 288 g/mol. The standard InChI is InChI=1S/C15H20N2O3S/c1-10(18)6-15(2,3)9-16-13(19)12-8-21-14(17-12)11-4-5-20-7-11/h4-5,7-8,10,18H,6,9H2,1-3H3,(H,16,19). The minimum atomic E-state index is -0.385. The Kier molecular flexibility index (Phi) is 4.80. The van der Waals surface area contributed by atoms with Gasteiger partial charge in [0.05, 0.1) is 12.4 Å². The normalized spacial score (nSPS) is 13.1. The molecule has 0 aliphatic rings. The quantitative estimate of drug-likeness (QED) is 0.860. The molecule has 0 radical (unpaired) electrons. The molecule has 0 fully saturated rings. The van der Waals surface area contributed by atoms with Crippen LogP contribution in [0.4, 0.5) is 0 Å². The van der Waals surface area contributed by atoms with Crippen LogP contribution in [0.2, 0.25) is 0 Å². The Morgan fingerprint density at radius 2 is 2.33 bits per heavy atom. The summed E-state index contributed by atoms with van der Waals surface area (Å²) in [6.07, 6.45) is 3.43. The predicted octanol–water partition coefficient (Wildman–Crippen LogP) is 2.93. The van der Waals surface area contributed by atoms with Crippen LogP contribution in [0.5, 0.6) is 0 Å². The fourth-order valence-electron chi connectivity index (χ4n) is 2.18. The molecule has 0 spiro atoms. The minimum absolute atomic E-state index is 0.159. The van der Waals surface area contributed by atoms with Crippen molar-refractivity contribution >= 4 is 17.2 Å². The Hall–Kier alpha value is -1.66. The highest BCUT2D eigenvalue weighted by atomic mass is 32.1. The molecule has 1 amide bonds. The molecule has 0 bridgehead atoms. The summed E-state index contributed by atoms with van der Waals surface area (Å²) in [7, 11) is 0. The fraction of sp³-hybridized carbons (Fsp3) is 0.467. The van der Waals surface area contributed by atoms with E-state index in [0.717, 1.165) is 10.6 Å². The average molecular weight is 308 g/mol. The number of hydrogen-bond donors (Lipinski definition) is 2. The number of hydrogen-bond acceptors (Lipinski definition) is 5. The molecule has 1 atom stereocenters. The van der Waals surface area contributed by atoms with Crippen molar-refractivity contribution in [3.05, 3.63) is 29.7 Å². The van der Waals surface area contributed by atoms with E-state index in [4.69, 9.17) is 4.42 Å². The summed E-state index contributed by atoms with van der Waals surface area (Å²) >= 11 is 1.41. The first-order valence-electron chi connectivity index (χ1n) is 6.82. The lowest BCUT2D eigenvalue weighted by Gasteiger charge is -2.26. The zero-order valence-corrected chi connectivity index (χ0v) is 13.2. The van der Waals surface area contributed by atoms with Crippen LogP contribution >= 0.6 is 11.3 Å². The Balaban J connectivity index is 1.95. The van der Waals surface area contributed by atoms with Gasteiger partial charge in [-0.15, -0.1) is 11.3 Å². The van der Waals surface area contributed by atoms with E-state index in [9.17, 15) is 9.90 Å². The van der Waals surface area contributed by atoms with Gasteiger partial charge < -0.3 is 14.8 Å². The van der Waals surface area contributed by atoms with Crippen LogP contribution in [0.25, 0.3) is 10.6 Å². The predicted molar refractivity (Wildman–Crippen MR) is 82.2 cm³/mol. The molecule has 2 N–H and O–H groups in total. The molecule has 6 heteroatoms. The minimum Gasteiger partial charge on any atom is -0.472 e. The maximum atomic E-state index is 12.1. The Labute approximate surface area is 128 Å². The van der Waals surface area contributed by atoms with Crippen molar-refractivity contribution in [2.45, 2.75) is 33.3 Å². The second-order valence-electron chi connectivity index (χ2n) is 5.95. The largest absolute Gasteiger partial charge is 0.472 e. The molecule has 114 valence electrons. The third kappa shape index (κ3) is 4.41. The maximum Gasteiger partial charge on any atom is 0.270 e. The van der Waals surface area contributed by atoms with Crippen molar-refractivity contribution in [3.63, 3.8) is 0 Å². The monoisotopic (exact) mass is 308 g/mol. The van der Waals surface area contributed by atoms with E-state index in [1.54, 1.807) is 24.8 Å². The zero-order chi connectivity index (χ0) is 15.5. The number of carbonyl (C=O) groups excluding carboxylic acids is 1. The highest BCUT2D eigenvalue weighted by molar-refractivity contribution is 7.13. The Morgan fingerprint density at radius 1 is 1.57 bits per heavy atom.